The number of hydrogen-bond acceptors (Lipinski definition) is 4. The molecule has 8 nitrogen and oxygen atoms in total. The number of amides is 4. The van der Waals surface area contributed by atoms with E-state index in [0.717, 1.165) is 22.3 Å². The molecular formula is C37H40FN5O3. The third kappa shape index (κ3) is 7.43. The molecule has 0 aliphatic carbocycles. The molecule has 3 aromatic carbocycles. The molecule has 4 amide bonds. The van der Waals surface area contributed by atoms with Crippen molar-refractivity contribution < 1.29 is 18.8 Å². The molecule has 5 rings (SSSR count). The maximum atomic E-state index is 14.4. The second kappa shape index (κ2) is 14.8. The number of nitrogens with zero attached hydrogens (tertiary/aromatic N) is 4. The molecule has 1 N–H and O–H groups in total. The minimum Gasteiger partial charge on any atom is -0.336 e. The van der Waals surface area contributed by atoms with Crippen LogP contribution in [-0.4, -0.2) is 76.6 Å². The van der Waals surface area contributed by atoms with E-state index in [-0.39, 0.29) is 43.2 Å². The first-order chi connectivity index (χ1) is 22.3. The summed E-state index contributed by atoms with van der Waals surface area (Å²) < 4.78 is 13.5. The topological polar surface area (TPSA) is 76.2 Å². The largest absolute Gasteiger partial charge is 0.336 e. The standard InChI is InChI=1S/C37H40FN5O3/c1-4-5-8-13-27(2)22-33-36(45)41(24-32(29-14-9-6-10-15-29)30-16-11-7-12-17-30)25-34-42(33)35(44)26-40(3)43(34)37(46)39-23-28-18-20-31(38)21-19-28/h4-21,32-34H,1,22-26H2,2-3H3,(H,39,46)/b8-5-,27-13+/t33-,34-/m0/s1. The Labute approximate surface area is 270 Å². The number of halogens is 1. The molecule has 0 radical (unpaired) electrons. The van der Waals surface area contributed by atoms with E-state index in [2.05, 4.69) is 36.2 Å². The first-order valence-electron chi connectivity index (χ1n) is 15.4. The van der Waals surface area contributed by atoms with Crippen LogP contribution < -0.4 is 5.32 Å². The number of carbonyl (C=O) groups excluding carboxylic acids is 3. The molecule has 2 aliphatic rings. The smallest absolute Gasteiger partial charge is 0.334 e. The lowest BCUT2D eigenvalue weighted by atomic mass is 9.89. The lowest BCUT2D eigenvalue weighted by Gasteiger charge is -2.54. The number of hydrazine groups is 1. The Morgan fingerprint density at radius 3 is 2.22 bits per heavy atom. The summed E-state index contributed by atoms with van der Waals surface area (Å²) in [7, 11) is 1.70. The normalized spacial score (nSPS) is 19.1. The van der Waals surface area contributed by atoms with Gasteiger partial charge in [0.1, 0.15) is 18.0 Å². The molecule has 2 aliphatic heterocycles. The lowest BCUT2D eigenvalue weighted by Crippen LogP contribution is -2.76. The van der Waals surface area contributed by atoms with Crippen molar-refractivity contribution in [2.24, 2.45) is 0 Å². The summed E-state index contributed by atoms with van der Waals surface area (Å²) in [5, 5.41) is 6.07. The van der Waals surface area contributed by atoms with Crippen molar-refractivity contribution in [3.63, 3.8) is 0 Å². The number of allylic oxidation sites excluding steroid dienone is 4. The number of nitrogens with one attached hydrogen (secondary N) is 1. The molecule has 0 saturated carbocycles. The molecule has 2 saturated heterocycles. The highest BCUT2D eigenvalue weighted by molar-refractivity contribution is 5.91. The number of rotatable bonds is 10. The van der Waals surface area contributed by atoms with Crippen LogP contribution in [0.3, 0.4) is 0 Å². The summed E-state index contributed by atoms with van der Waals surface area (Å²) in [4.78, 5) is 45.2. The van der Waals surface area contributed by atoms with Gasteiger partial charge in [0.15, 0.2) is 0 Å². The van der Waals surface area contributed by atoms with Gasteiger partial charge in [-0.3, -0.25) is 9.59 Å². The molecule has 0 bridgehead atoms. The number of fused-ring (bicyclic) bond motifs is 1. The number of hydrogen-bond donors (Lipinski definition) is 1. The number of piperazine rings is 1. The van der Waals surface area contributed by atoms with E-state index < -0.39 is 18.2 Å². The second-order valence-electron chi connectivity index (χ2n) is 11.7. The Morgan fingerprint density at radius 1 is 0.978 bits per heavy atom. The minimum atomic E-state index is -0.798. The summed E-state index contributed by atoms with van der Waals surface area (Å²) in [6.45, 7) is 6.28. The Bertz CT molecular complexity index is 1550. The molecule has 2 atom stereocenters. The van der Waals surface area contributed by atoms with Gasteiger partial charge in [-0.2, -0.15) is 0 Å². The summed E-state index contributed by atoms with van der Waals surface area (Å²) in [5.41, 5.74) is 3.79. The number of urea groups is 1. The van der Waals surface area contributed by atoms with Crippen molar-refractivity contribution >= 4 is 17.8 Å². The Hall–Kier alpha value is -5.02. The van der Waals surface area contributed by atoms with Crippen LogP contribution in [0.25, 0.3) is 0 Å². The molecule has 46 heavy (non-hydrogen) atoms. The average molecular weight is 622 g/mol. The van der Waals surface area contributed by atoms with E-state index in [1.165, 1.54) is 17.1 Å². The fourth-order valence-corrected chi connectivity index (χ4v) is 6.20. The Morgan fingerprint density at radius 2 is 1.61 bits per heavy atom. The van der Waals surface area contributed by atoms with Gasteiger partial charge in [0.25, 0.3) is 0 Å². The first-order valence-corrected chi connectivity index (χ1v) is 15.4. The first kappa shape index (κ1) is 32.4. The van der Waals surface area contributed by atoms with E-state index in [0.29, 0.717) is 13.0 Å². The van der Waals surface area contributed by atoms with Gasteiger partial charge in [0.2, 0.25) is 11.8 Å². The van der Waals surface area contributed by atoms with E-state index >= 15 is 0 Å². The highest BCUT2D eigenvalue weighted by Gasteiger charge is 2.51. The molecule has 2 heterocycles. The molecule has 0 spiro atoms. The van der Waals surface area contributed by atoms with Gasteiger partial charge in [-0.15, -0.1) is 0 Å². The molecule has 3 aromatic rings. The third-order valence-corrected chi connectivity index (χ3v) is 8.45. The second-order valence-corrected chi connectivity index (χ2v) is 11.7. The van der Waals surface area contributed by atoms with Crippen LogP contribution in [-0.2, 0) is 16.1 Å². The third-order valence-electron chi connectivity index (χ3n) is 8.45. The Kier molecular flexibility index (Phi) is 10.4. The SMILES string of the molecule is C=C/C=C\C=C(/C)C[C@H]1C(=O)N(CC(c2ccccc2)c2ccccc2)C[C@H]2N1C(=O)CN(C)N2C(=O)NCc1ccc(F)cc1. The van der Waals surface area contributed by atoms with Crippen molar-refractivity contribution in [3.05, 3.63) is 144 Å². The molecule has 0 aromatic heterocycles. The Balaban J connectivity index is 1.49. The summed E-state index contributed by atoms with van der Waals surface area (Å²) in [6.07, 6.45) is 6.83. The van der Waals surface area contributed by atoms with Crippen molar-refractivity contribution in [3.8, 4) is 0 Å². The molecular weight excluding hydrogens is 581 g/mol. The molecule has 9 heteroatoms. The van der Waals surface area contributed by atoms with Crippen LogP contribution in [0.15, 0.2) is 121 Å². The van der Waals surface area contributed by atoms with Gasteiger partial charge in [0, 0.05) is 26.1 Å². The van der Waals surface area contributed by atoms with E-state index in [4.69, 9.17) is 0 Å². The van der Waals surface area contributed by atoms with Gasteiger partial charge in [-0.05, 0) is 42.2 Å². The number of benzene rings is 3. The zero-order valence-electron chi connectivity index (χ0n) is 26.3. The van der Waals surface area contributed by atoms with Crippen molar-refractivity contribution in [1.82, 2.24) is 25.1 Å². The van der Waals surface area contributed by atoms with Gasteiger partial charge in [-0.1, -0.05) is 109 Å². The van der Waals surface area contributed by atoms with E-state index in [1.807, 2.05) is 55.5 Å². The number of likely N-dealkylation sites (N-methyl/N-ethyl adjacent to an activating group) is 1. The van der Waals surface area contributed by atoms with Crippen molar-refractivity contribution in [2.75, 3.05) is 26.7 Å². The zero-order chi connectivity index (χ0) is 32.6. The highest BCUT2D eigenvalue weighted by Crippen LogP contribution is 2.32. The zero-order valence-corrected chi connectivity index (χ0v) is 26.3. The van der Waals surface area contributed by atoms with Crippen LogP contribution in [0.4, 0.5) is 9.18 Å². The van der Waals surface area contributed by atoms with Gasteiger partial charge in [0.05, 0.1) is 13.1 Å². The van der Waals surface area contributed by atoms with Crippen LogP contribution in [0.2, 0.25) is 0 Å². The van der Waals surface area contributed by atoms with Gasteiger partial charge in [-0.25, -0.2) is 19.2 Å². The quantitative estimate of drug-likeness (QED) is 0.305. The fraction of sp³-hybridized carbons (Fsp3) is 0.270. The fourth-order valence-electron chi connectivity index (χ4n) is 6.20. The predicted octanol–water partition coefficient (Wildman–Crippen LogP) is 5.47. The summed E-state index contributed by atoms with van der Waals surface area (Å²) >= 11 is 0. The summed E-state index contributed by atoms with van der Waals surface area (Å²) in [6, 6.07) is 24.8. The lowest BCUT2D eigenvalue weighted by molar-refractivity contribution is -0.187. The van der Waals surface area contributed by atoms with Crippen LogP contribution in [0.1, 0.15) is 36.0 Å². The van der Waals surface area contributed by atoms with Crippen LogP contribution >= 0.6 is 0 Å². The van der Waals surface area contributed by atoms with E-state index in [9.17, 15) is 18.8 Å². The van der Waals surface area contributed by atoms with E-state index in [1.54, 1.807) is 46.1 Å². The maximum absolute atomic E-state index is 14.4. The van der Waals surface area contributed by atoms with Crippen molar-refractivity contribution in [2.45, 2.75) is 38.0 Å². The van der Waals surface area contributed by atoms with Crippen LogP contribution in [0, 0.1) is 5.82 Å². The van der Waals surface area contributed by atoms with Gasteiger partial charge < -0.3 is 15.1 Å². The average Bonchev–Trinajstić information content (AvgIpc) is 3.05. The minimum absolute atomic E-state index is 0.0555. The van der Waals surface area contributed by atoms with Crippen molar-refractivity contribution in [1.29, 1.82) is 0 Å². The van der Waals surface area contributed by atoms with Gasteiger partial charge >= 0.3 is 6.03 Å². The molecule has 238 valence electrons. The van der Waals surface area contributed by atoms with Crippen LogP contribution in [0.5, 0.6) is 0 Å². The summed E-state index contributed by atoms with van der Waals surface area (Å²) in [5.74, 6) is -0.849. The maximum Gasteiger partial charge on any atom is 0.334 e. The highest BCUT2D eigenvalue weighted by atomic mass is 19.1. The number of carbonyl (C=O) groups is 3. The monoisotopic (exact) mass is 621 g/mol. The molecule has 0 unspecified atom stereocenters. The molecule has 2 fully saturated rings. The predicted molar refractivity (Wildman–Crippen MR) is 177 cm³/mol.